The van der Waals surface area contributed by atoms with Gasteiger partial charge in [0.2, 0.25) is 0 Å². The lowest BCUT2D eigenvalue weighted by Gasteiger charge is -2.32. The Bertz CT molecular complexity index is 538. The van der Waals surface area contributed by atoms with Crippen LogP contribution in [-0.2, 0) is 0 Å². The van der Waals surface area contributed by atoms with Crippen molar-refractivity contribution in [3.8, 4) is 0 Å². The average molecular weight is 339 g/mol. The fourth-order valence-corrected chi connectivity index (χ4v) is 4.93. The van der Waals surface area contributed by atoms with Crippen molar-refractivity contribution < 1.29 is 4.39 Å². The summed E-state index contributed by atoms with van der Waals surface area (Å²) in [6.07, 6.45) is 12.3. The molecular weight excluding hydrogens is 311 g/mol. The molecule has 0 radical (unpaired) electrons. The van der Waals surface area contributed by atoms with Crippen LogP contribution < -0.4 is 5.73 Å². The van der Waals surface area contributed by atoms with E-state index in [1.165, 1.54) is 57.2 Å². The van der Waals surface area contributed by atoms with Crippen molar-refractivity contribution in [2.75, 3.05) is 0 Å². The minimum atomic E-state index is -0.353. The zero-order chi connectivity index (χ0) is 16.4. The summed E-state index contributed by atoms with van der Waals surface area (Å²) in [6.45, 7) is 2.23. The smallest absolute Gasteiger partial charge is 0.142 e. The van der Waals surface area contributed by atoms with E-state index < -0.39 is 0 Å². The first-order valence-electron chi connectivity index (χ1n) is 9.05. The highest BCUT2D eigenvalue weighted by Gasteiger charge is 2.35. The minimum Gasteiger partial charge on any atom is -0.325 e. The van der Waals surface area contributed by atoms with Crippen LogP contribution in [0.2, 0.25) is 5.02 Å². The Balaban J connectivity index is 1.49. The number of nitrogens with zero attached hydrogens (tertiary/aromatic N) is 1. The van der Waals surface area contributed by atoms with Gasteiger partial charge in [0.05, 0.1) is 16.9 Å². The van der Waals surface area contributed by atoms with Gasteiger partial charge < -0.3 is 5.73 Å². The normalized spacial score (nSPS) is 34.7. The van der Waals surface area contributed by atoms with E-state index in [4.69, 9.17) is 17.3 Å². The number of aromatic nitrogens is 1. The third-order valence-electron chi connectivity index (χ3n) is 6.19. The van der Waals surface area contributed by atoms with Gasteiger partial charge in [0.15, 0.2) is 0 Å². The highest BCUT2D eigenvalue weighted by Crippen LogP contribution is 2.42. The standard InChI is InChI=1S/C19H28ClFN2/c1-19(22)10-2-3-15(19)9-6-13-4-7-14(8-5-13)18-17(20)11-16(21)12-23-18/h11-15H,2-10,22H2,1H3. The molecule has 0 spiro atoms. The van der Waals surface area contributed by atoms with Gasteiger partial charge in [-0.25, -0.2) is 4.39 Å². The first kappa shape index (κ1) is 17.2. The summed E-state index contributed by atoms with van der Waals surface area (Å²) in [7, 11) is 0. The molecule has 2 aliphatic carbocycles. The van der Waals surface area contributed by atoms with E-state index >= 15 is 0 Å². The van der Waals surface area contributed by atoms with E-state index in [0.717, 1.165) is 24.5 Å². The molecule has 1 aromatic rings. The van der Waals surface area contributed by atoms with Crippen molar-refractivity contribution in [2.45, 2.75) is 76.2 Å². The summed E-state index contributed by atoms with van der Waals surface area (Å²) >= 11 is 6.16. The summed E-state index contributed by atoms with van der Waals surface area (Å²) in [4.78, 5) is 4.23. The van der Waals surface area contributed by atoms with Gasteiger partial charge in [0.1, 0.15) is 5.82 Å². The van der Waals surface area contributed by atoms with Gasteiger partial charge in [-0.15, -0.1) is 0 Å². The Kier molecular flexibility index (Phi) is 5.27. The van der Waals surface area contributed by atoms with Crippen LogP contribution in [0.5, 0.6) is 0 Å². The predicted octanol–water partition coefficient (Wildman–Crippen LogP) is 5.45. The van der Waals surface area contributed by atoms with Gasteiger partial charge in [0.25, 0.3) is 0 Å². The monoisotopic (exact) mass is 338 g/mol. The van der Waals surface area contributed by atoms with Crippen molar-refractivity contribution in [1.82, 2.24) is 4.98 Å². The van der Waals surface area contributed by atoms with E-state index in [2.05, 4.69) is 11.9 Å². The molecule has 2 fully saturated rings. The second kappa shape index (κ2) is 7.06. The minimum absolute atomic E-state index is 0.0583. The molecule has 128 valence electrons. The van der Waals surface area contributed by atoms with Crippen molar-refractivity contribution in [3.05, 3.63) is 28.8 Å². The summed E-state index contributed by atoms with van der Waals surface area (Å²) in [6, 6.07) is 1.39. The van der Waals surface area contributed by atoms with E-state index in [1.54, 1.807) is 0 Å². The van der Waals surface area contributed by atoms with Crippen molar-refractivity contribution in [2.24, 2.45) is 17.6 Å². The Morgan fingerprint density at radius 3 is 2.61 bits per heavy atom. The molecule has 4 heteroatoms. The lowest BCUT2D eigenvalue weighted by Crippen LogP contribution is -2.39. The van der Waals surface area contributed by atoms with Gasteiger partial charge in [-0.1, -0.05) is 24.4 Å². The summed E-state index contributed by atoms with van der Waals surface area (Å²) in [5.41, 5.74) is 7.36. The molecule has 0 aliphatic heterocycles. The Hall–Kier alpha value is -0.670. The highest BCUT2D eigenvalue weighted by atomic mass is 35.5. The number of hydrogen-bond acceptors (Lipinski definition) is 2. The maximum atomic E-state index is 13.1. The molecule has 0 saturated heterocycles. The second-order valence-electron chi connectivity index (χ2n) is 7.91. The maximum absolute atomic E-state index is 13.1. The van der Waals surface area contributed by atoms with Crippen LogP contribution in [0.3, 0.4) is 0 Å². The Morgan fingerprint density at radius 1 is 1.26 bits per heavy atom. The first-order valence-corrected chi connectivity index (χ1v) is 9.43. The number of halogens is 2. The van der Waals surface area contributed by atoms with Crippen LogP contribution in [0.1, 0.15) is 76.3 Å². The lowest BCUT2D eigenvalue weighted by atomic mass is 9.76. The van der Waals surface area contributed by atoms with Crippen LogP contribution >= 0.6 is 11.6 Å². The van der Waals surface area contributed by atoms with Gasteiger partial charge in [-0.05, 0) is 69.8 Å². The molecule has 2 saturated carbocycles. The molecule has 0 amide bonds. The van der Waals surface area contributed by atoms with Crippen molar-refractivity contribution >= 4 is 11.6 Å². The third-order valence-corrected chi connectivity index (χ3v) is 6.50. The number of rotatable bonds is 4. The predicted molar refractivity (Wildman–Crippen MR) is 93.1 cm³/mol. The molecule has 1 aromatic heterocycles. The van der Waals surface area contributed by atoms with Gasteiger partial charge in [-0.2, -0.15) is 0 Å². The molecule has 2 nitrogen and oxygen atoms in total. The molecule has 2 aliphatic rings. The van der Waals surface area contributed by atoms with Crippen LogP contribution in [0.25, 0.3) is 0 Å². The Labute approximate surface area is 144 Å². The van der Waals surface area contributed by atoms with E-state index in [-0.39, 0.29) is 11.4 Å². The summed E-state index contributed by atoms with van der Waals surface area (Å²) in [5, 5.41) is 0.485. The van der Waals surface area contributed by atoms with Crippen molar-refractivity contribution in [1.29, 1.82) is 0 Å². The fourth-order valence-electron chi connectivity index (χ4n) is 4.62. The van der Waals surface area contributed by atoms with Crippen molar-refractivity contribution in [3.63, 3.8) is 0 Å². The van der Waals surface area contributed by atoms with Gasteiger partial charge in [0, 0.05) is 11.5 Å². The van der Waals surface area contributed by atoms with E-state index in [9.17, 15) is 4.39 Å². The lowest BCUT2D eigenvalue weighted by molar-refractivity contribution is 0.254. The average Bonchev–Trinajstić information content (AvgIpc) is 2.85. The quantitative estimate of drug-likeness (QED) is 0.793. The largest absolute Gasteiger partial charge is 0.325 e. The van der Waals surface area contributed by atoms with E-state index in [0.29, 0.717) is 16.9 Å². The fraction of sp³-hybridized carbons (Fsp3) is 0.737. The van der Waals surface area contributed by atoms with Crippen LogP contribution in [0.15, 0.2) is 12.3 Å². The molecule has 2 N–H and O–H groups in total. The SMILES string of the molecule is CC1(N)CCCC1CCC1CCC(c2ncc(F)cc2Cl)CC1. The van der Waals surface area contributed by atoms with Gasteiger partial charge in [-0.3, -0.25) is 4.98 Å². The third kappa shape index (κ3) is 4.06. The molecule has 3 rings (SSSR count). The molecule has 1 heterocycles. The molecular formula is C19H28ClFN2. The molecule has 2 atom stereocenters. The van der Waals surface area contributed by atoms with Crippen LogP contribution in [0.4, 0.5) is 4.39 Å². The molecule has 2 unspecified atom stereocenters. The number of pyridine rings is 1. The topological polar surface area (TPSA) is 38.9 Å². The Morgan fingerprint density at radius 2 is 2.00 bits per heavy atom. The zero-order valence-corrected chi connectivity index (χ0v) is 14.8. The summed E-state index contributed by atoms with van der Waals surface area (Å²) < 4.78 is 13.1. The highest BCUT2D eigenvalue weighted by molar-refractivity contribution is 6.31. The van der Waals surface area contributed by atoms with E-state index in [1.807, 2.05) is 0 Å². The second-order valence-corrected chi connectivity index (χ2v) is 8.32. The van der Waals surface area contributed by atoms with Crippen LogP contribution in [-0.4, -0.2) is 10.5 Å². The number of hydrogen-bond donors (Lipinski definition) is 1. The van der Waals surface area contributed by atoms with Gasteiger partial charge >= 0.3 is 0 Å². The molecule has 0 bridgehead atoms. The van der Waals surface area contributed by atoms with Crippen LogP contribution in [0, 0.1) is 17.7 Å². The first-order chi connectivity index (χ1) is 11.0. The zero-order valence-electron chi connectivity index (χ0n) is 14.0. The number of nitrogens with two attached hydrogens (primary N) is 1. The molecule has 0 aromatic carbocycles. The maximum Gasteiger partial charge on any atom is 0.142 e. The molecule has 23 heavy (non-hydrogen) atoms. The summed E-state index contributed by atoms with van der Waals surface area (Å²) in [5.74, 6) is 1.55.